The van der Waals surface area contributed by atoms with E-state index >= 15 is 0 Å². The van der Waals surface area contributed by atoms with Crippen LogP contribution in [0.4, 0.5) is 0 Å². The fourth-order valence-electron chi connectivity index (χ4n) is 3.76. The zero-order valence-corrected chi connectivity index (χ0v) is 19.7. The quantitative estimate of drug-likeness (QED) is 0.543. The number of sulfonamides is 1. The van der Waals surface area contributed by atoms with Crippen LogP contribution >= 0.6 is 11.3 Å². The third-order valence-electron chi connectivity index (χ3n) is 5.59. The number of ether oxygens (including phenoxy) is 1. The molecule has 0 spiro atoms. The van der Waals surface area contributed by atoms with E-state index in [2.05, 4.69) is 5.32 Å². The summed E-state index contributed by atoms with van der Waals surface area (Å²) < 4.78 is 32.8. The van der Waals surface area contributed by atoms with E-state index in [0.29, 0.717) is 22.9 Å². The molecule has 1 amide bonds. The average Bonchev–Trinajstić information content (AvgIpc) is 3.52. The van der Waals surface area contributed by atoms with E-state index in [1.54, 1.807) is 29.6 Å². The van der Waals surface area contributed by atoms with Crippen LogP contribution in [0.3, 0.4) is 0 Å². The van der Waals surface area contributed by atoms with Gasteiger partial charge in [-0.3, -0.25) is 4.79 Å². The summed E-state index contributed by atoms with van der Waals surface area (Å²) in [5, 5.41) is 3.02. The van der Waals surface area contributed by atoms with Gasteiger partial charge < -0.3 is 10.1 Å². The number of methoxy groups -OCH3 is 1. The third kappa shape index (κ3) is 4.72. The molecule has 3 aromatic rings. The molecular formula is C24H26N2O4S2. The van der Waals surface area contributed by atoms with Gasteiger partial charge in [0, 0.05) is 23.5 Å². The van der Waals surface area contributed by atoms with Crippen LogP contribution in [0.25, 0.3) is 10.4 Å². The first-order valence-corrected chi connectivity index (χ1v) is 12.8. The minimum absolute atomic E-state index is 0.191. The second-order valence-electron chi connectivity index (χ2n) is 7.78. The molecule has 6 nitrogen and oxygen atoms in total. The predicted octanol–water partition coefficient (Wildman–Crippen LogP) is 4.70. The van der Waals surface area contributed by atoms with Crippen molar-refractivity contribution in [2.24, 2.45) is 0 Å². The highest BCUT2D eigenvalue weighted by Gasteiger charge is 2.28. The molecule has 1 aromatic heterocycles. The summed E-state index contributed by atoms with van der Waals surface area (Å²) in [7, 11) is -1.83. The molecule has 1 saturated heterocycles. The molecule has 1 atom stereocenters. The smallest absolute Gasteiger partial charge is 0.252 e. The number of hydrogen-bond donors (Lipinski definition) is 1. The molecule has 1 N–H and O–H groups in total. The molecule has 4 rings (SSSR count). The lowest BCUT2D eigenvalue weighted by Crippen LogP contribution is -2.27. The Balaban J connectivity index is 1.51. The van der Waals surface area contributed by atoms with E-state index in [1.807, 2.05) is 49.4 Å². The molecule has 2 aromatic carbocycles. The fourth-order valence-corrected chi connectivity index (χ4v) is 6.73. The summed E-state index contributed by atoms with van der Waals surface area (Å²) in [5.41, 5.74) is 2.29. The summed E-state index contributed by atoms with van der Waals surface area (Å²) in [6, 6.07) is 18.1. The van der Waals surface area contributed by atoms with Crippen molar-refractivity contribution < 1.29 is 17.9 Å². The van der Waals surface area contributed by atoms with Crippen LogP contribution in [0, 0.1) is 0 Å². The Morgan fingerprint density at radius 1 is 1.06 bits per heavy atom. The van der Waals surface area contributed by atoms with E-state index in [9.17, 15) is 13.2 Å². The second-order valence-corrected chi connectivity index (χ2v) is 11.0. The molecule has 0 aliphatic carbocycles. The molecule has 168 valence electrons. The van der Waals surface area contributed by atoms with Crippen molar-refractivity contribution in [3.8, 4) is 16.2 Å². The number of thiophene rings is 1. The van der Waals surface area contributed by atoms with Gasteiger partial charge in [-0.1, -0.05) is 24.3 Å². The molecule has 1 fully saturated rings. The maximum absolute atomic E-state index is 12.9. The number of rotatable bonds is 7. The van der Waals surface area contributed by atoms with Crippen molar-refractivity contribution in [1.82, 2.24) is 9.62 Å². The largest absolute Gasteiger partial charge is 0.497 e. The van der Waals surface area contributed by atoms with E-state index < -0.39 is 10.0 Å². The first-order chi connectivity index (χ1) is 15.4. The van der Waals surface area contributed by atoms with Gasteiger partial charge in [-0.05, 0) is 67.3 Å². The Labute approximate surface area is 192 Å². The summed E-state index contributed by atoms with van der Waals surface area (Å²) in [6.07, 6.45) is 1.81. The van der Waals surface area contributed by atoms with Crippen molar-refractivity contribution in [3.05, 3.63) is 71.8 Å². The van der Waals surface area contributed by atoms with Crippen LogP contribution in [-0.2, 0) is 10.0 Å². The lowest BCUT2D eigenvalue weighted by Gasteiger charge is -2.15. The lowest BCUT2D eigenvalue weighted by molar-refractivity contribution is 0.0940. The Kier molecular flexibility index (Phi) is 6.64. The molecule has 8 heteroatoms. The van der Waals surface area contributed by atoms with Crippen molar-refractivity contribution in [1.29, 1.82) is 0 Å². The number of benzene rings is 2. The Morgan fingerprint density at radius 3 is 2.56 bits per heavy atom. The van der Waals surface area contributed by atoms with Crippen molar-refractivity contribution >= 4 is 27.3 Å². The SMILES string of the molecule is COc1cccc([C@@H](C)NC(=O)c2cccc(-c3ccc(S(=O)(=O)N4CCCC4)s3)c2)c1. The van der Waals surface area contributed by atoms with Crippen LogP contribution < -0.4 is 10.1 Å². The number of hydrogen-bond acceptors (Lipinski definition) is 5. The zero-order chi connectivity index (χ0) is 22.7. The van der Waals surface area contributed by atoms with Crippen LogP contribution in [0.5, 0.6) is 5.75 Å². The van der Waals surface area contributed by atoms with Crippen LogP contribution in [0.2, 0.25) is 0 Å². The van der Waals surface area contributed by atoms with E-state index in [1.165, 1.54) is 11.3 Å². The second kappa shape index (κ2) is 9.44. The normalized spacial score (nSPS) is 15.4. The highest BCUT2D eigenvalue weighted by Crippen LogP contribution is 2.33. The Morgan fingerprint density at radius 2 is 1.81 bits per heavy atom. The van der Waals surface area contributed by atoms with Gasteiger partial charge in [0.25, 0.3) is 15.9 Å². The number of carbonyl (C=O) groups is 1. The third-order valence-corrected chi connectivity index (χ3v) is 9.09. The van der Waals surface area contributed by atoms with E-state index in [0.717, 1.165) is 34.6 Å². The highest BCUT2D eigenvalue weighted by molar-refractivity contribution is 7.91. The van der Waals surface area contributed by atoms with Gasteiger partial charge in [-0.15, -0.1) is 11.3 Å². The van der Waals surface area contributed by atoms with Gasteiger partial charge in [0.15, 0.2) is 0 Å². The van der Waals surface area contributed by atoms with E-state index in [4.69, 9.17) is 4.74 Å². The topological polar surface area (TPSA) is 75.7 Å². The van der Waals surface area contributed by atoms with Gasteiger partial charge in [0.2, 0.25) is 0 Å². The van der Waals surface area contributed by atoms with Crippen molar-refractivity contribution in [2.75, 3.05) is 20.2 Å². The molecule has 32 heavy (non-hydrogen) atoms. The molecule has 0 saturated carbocycles. The fraction of sp³-hybridized carbons (Fsp3) is 0.292. The molecule has 0 radical (unpaired) electrons. The minimum Gasteiger partial charge on any atom is -0.497 e. The summed E-state index contributed by atoms with van der Waals surface area (Å²) in [6.45, 7) is 3.08. The lowest BCUT2D eigenvalue weighted by atomic mass is 10.1. The Hall–Kier alpha value is -2.68. The van der Waals surface area contributed by atoms with Crippen LogP contribution in [0.15, 0.2) is 64.9 Å². The van der Waals surface area contributed by atoms with Crippen LogP contribution in [-0.4, -0.2) is 38.8 Å². The molecule has 1 aliphatic rings. The van der Waals surface area contributed by atoms with Crippen LogP contribution in [0.1, 0.15) is 41.7 Å². The monoisotopic (exact) mass is 470 g/mol. The van der Waals surface area contributed by atoms with Crippen molar-refractivity contribution in [3.63, 3.8) is 0 Å². The van der Waals surface area contributed by atoms with Crippen molar-refractivity contribution in [2.45, 2.75) is 30.0 Å². The maximum atomic E-state index is 12.9. The number of nitrogens with one attached hydrogen (secondary N) is 1. The molecular weight excluding hydrogens is 444 g/mol. The maximum Gasteiger partial charge on any atom is 0.252 e. The van der Waals surface area contributed by atoms with Gasteiger partial charge in [-0.25, -0.2) is 8.42 Å². The van der Waals surface area contributed by atoms with Gasteiger partial charge >= 0.3 is 0 Å². The Bertz CT molecular complexity index is 1210. The number of amides is 1. The zero-order valence-electron chi connectivity index (χ0n) is 18.1. The first kappa shape index (κ1) is 22.5. The molecule has 0 unspecified atom stereocenters. The number of nitrogens with zero attached hydrogens (tertiary/aromatic N) is 1. The van der Waals surface area contributed by atoms with Gasteiger partial charge in [0.05, 0.1) is 13.2 Å². The predicted molar refractivity (Wildman–Crippen MR) is 127 cm³/mol. The van der Waals surface area contributed by atoms with E-state index in [-0.39, 0.29) is 11.9 Å². The van der Waals surface area contributed by atoms with Gasteiger partial charge in [-0.2, -0.15) is 4.31 Å². The summed E-state index contributed by atoms with van der Waals surface area (Å²) in [4.78, 5) is 13.7. The average molecular weight is 471 g/mol. The summed E-state index contributed by atoms with van der Waals surface area (Å²) in [5.74, 6) is 0.548. The highest BCUT2D eigenvalue weighted by atomic mass is 32.2. The molecule has 0 bridgehead atoms. The summed E-state index contributed by atoms with van der Waals surface area (Å²) >= 11 is 1.24. The number of carbonyl (C=O) groups excluding carboxylic acids is 1. The molecule has 1 aliphatic heterocycles. The minimum atomic E-state index is -3.44. The standard InChI is InChI=1S/C24H26N2O4S2/c1-17(18-7-6-10-21(16-18)30-2)25-24(27)20-9-5-8-19(15-20)22-11-12-23(31-22)32(28,29)26-13-3-4-14-26/h5-12,15-17H,3-4,13-14H2,1-2H3,(H,25,27)/t17-/m1/s1. The van der Waals surface area contributed by atoms with Gasteiger partial charge in [0.1, 0.15) is 9.96 Å². The molecule has 2 heterocycles. The first-order valence-electron chi connectivity index (χ1n) is 10.5.